The number of benzene rings is 1. The van der Waals surface area contributed by atoms with Crippen LogP contribution in [0.15, 0.2) is 24.3 Å². The van der Waals surface area contributed by atoms with Crippen molar-refractivity contribution in [1.29, 1.82) is 0 Å². The van der Waals surface area contributed by atoms with Gasteiger partial charge in [-0.15, -0.1) is 0 Å². The van der Waals surface area contributed by atoms with Crippen LogP contribution in [0.5, 0.6) is 0 Å². The quantitative estimate of drug-likeness (QED) is 0.707. The van der Waals surface area contributed by atoms with Gasteiger partial charge < -0.3 is 4.79 Å². The summed E-state index contributed by atoms with van der Waals surface area (Å²) in [6.07, 6.45) is 0.327. The summed E-state index contributed by atoms with van der Waals surface area (Å²) in [6.45, 7) is 5.23. The molecule has 0 amide bonds. The molecule has 1 unspecified atom stereocenters. The summed E-state index contributed by atoms with van der Waals surface area (Å²) in [4.78, 5) is 22.9. The van der Waals surface area contributed by atoms with Gasteiger partial charge in [-0.2, -0.15) is 0 Å². The standard InChI is InChI=1S/C13H16O2/c1-9-6-4-5-7-12(9)13(15)10(2)8-11(3)14/h4-7,10H,8H2,1-3H3. The Labute approximate surface area is 90.3 Å². The molecule has 1 rings (SSSR count). The zero-order valence-corrected chi connectivity index (χ0v) is 9.41. The lowest BCUT2D eigenvalue weighted by atomic mass is 9.92. The van der Waals surface area contributed by atoms with E-state index in [1.54, 1.807) is 6.92 Å². The van der Waals surface area contributed by atoms with Crippen LogP contribution in [0.3, 0.4) is 0 Å². The van der Waals surface area contributed by atoms with Crippen LogP contribution >= 0.6 is 0 Å². The molecule has 1 aromatic carbocycles. The van der Waals surface area contributed by atoms with Crippen LogP contribution in [0.1, 0.15) is 36.2 Å². The highest BCUT2D eigenvalue weighted by atomic mass is 16.1. The fourth-order valence-electron chi connectivity index (χ4n) is 1.64. The lowest BCUT2D eigenvalue weighted by Gasteiger charge is -2.10. The van der Waals surface area contributed by atoms with E-state index in [1.165, 1.54) is 6.92 Å². The first-order valence-corrected chi connectivity index (χ1v) is 5.11. The van der Waals surface area contributed by atoms with Crippen molar-refractivity contribution < 1.29 is 9.59 Å². The minimum Gasteiger partial charge on any atom is -0.300 e. The number of Topliss-reactive ketones (excluding diaryl/α,β-unsaturated/α-hetero) is 2. The maximum Gasteiger partial charge on any atom is 0.166 e. The minimum absolute atomic E-state index is 0.0586. The molecule has 0 aliphatic heterocycles. The number of carbonyl (C=O) groups is 2. The van der Waals surface area contributed by atoms with Gasteiger partial charge in [0.25, 0.3) is 0 Å². The molecule has 1 aromatic rings. The Morgan fingerprint density at radius 3 is 2.40 bits per heavy atom. The highest BCUT2D eigenvalue weighted by Gasteiger charge is 2.17. The molecule has 0 radical (unpaired) electrons. The second kappa shape index (κ2) is 4.87. The average Bonchev–Trinajstić information content (AvgIpc) is 2.16. The first kappa shape index (κ1) is 11.6. The van der Waals surface area contributed by atoms with Crippen molar-refractivity contribution in [1.82, 2.24) is 0 Å². The monoisotopic (exact) mass is 204 g/mol. The second-order valence-electron chi connectivity index (χ2n) is 3.99. The van der Waals surface area contributed by atoms with Gasteiger partial charge in [0.1, 0.15) is 5.78 Å². The first-order chi connectivity index (χ1) is 7.02. The van der Waals surface area contributed by atoms with Gasteiger partial charge in [0, 0.05) is 17.9 Å². The summed E-state index contributed by atoms with van der Waals surface area (Å²) in [5.41, 5.74) is 1.70. The smallest absolute Gasteiger partial charge is 0.166 e. The van der Waals surface area contributed by atoms with Crippen molar-refractivity contribution in [2.75, 3.05) is 0 Å². The molecule has 0 N–H and O–H groups in total. The summed E-state index contributed by atoms with van der Waals surface area (Å²) in [5, 5.41) is 0. The van der Waals surface area contributed by atoms with Crippen LogP contribution in [0, 0.1) is 12.8 Å². The Morgan fingerprint density at radius 2 is 1.87 bits per heavy atom. The Bertz CT molecular complexity index is 380. The van der Waals surface area contributed by atoms with Gasteiger partial charge in [-0.3, -0.25) is 4.79 Å². The van der Waals surface area contributed by atoms with Crippen molar-refractivity contribution in [3.05, 3.63) is 35.4 Å². The fraction of sp³-hybridized carbons (Fsp3) is 0.385. The Morgan fingerprint density at radius 1 is 1.27 bits per heavy atom. The van der Waals surface area contributed by atoms with Crippen molar-refractivity contribution >= 4 is 11.6 Å². The van der Waals surface area contributed by atoms with Crippen LogP contribution in [0.4, 0.5) is 0 Å². The van der Waals surface area contributed by atoms with E-state index in [9.17, 15) is 9.59 Å². The number of hydrogen-bond donors (Lipinski definition) is 0. The summed E-state index contributed by atoms with van der Waals surface area (Å²) < 4.78 is 0. The van der Waals surface area contributed by atoms with Gasteiger partial charge in [0.05, 0.1) is 0 Å². The predicted octanol–water partition coefficient (Wildman–Crippen LogP) is 2.79. The van der Waals surface area contributed by atoms with Crippen LogP contribution in [0.2, 0.25) is 0 Å². The van der Waals surface area contributed by atoms with E-state index in [2.05, 4.69) is 0 Å². The molecular formula is C13H16O2. The normalized spacial score (nSPS) is 12.2. The molecule has 80 valence electrons. The Hall–Kier alpha value is -1.44. The molecule has 0 aliphatic rings. The summed E-state index contributed by atoms with van der Waals surface area (Å²) >= 11 is 0. The molecule has 0 bridgehead atoms. The molecule has 0 fully saturated rings. The minimum atomic E-state index is -0.219. The van der Waals surface area contributed by atoms with E-state index >= 15 is 0 Å². The molecular weight excluding hydrogens is 188 g/mol. The largest absolute Gasteiger partial charge is 0.300 e. The van der Waals surface area contributed by atoms with E-state index in [-0.39, 0.29) is 17.5 Å². The van der Waals surface area contributed by atoms with Crippen molar-refractivity contribution in [2.24, 2.45) is 5.92 Å². The van der Waals surface area contributed by atoms with E-state index < -0.39 is 0 Å². The molecule has 0 saturated heterocycles. The maximum atomic E-state index is 11.9. The average molecular weight is 204 g/mol. The third-order valence-electron chi connectivity index (χ3n) is 2.45. The molecule has 0 saturated carbocycles. The number of rotatable bonds is 4. The molecule has 2 heteroatoms. The third kappa shape index (κ3) is 3.01. The molecule has 0 aliphatic carbocycles. The van der Waals surface area contributed by atoms with Crippen LogP contribution < -0.4 is 0 Å². The number of ketones is 2. The highest BCUT2D eigenvalue weighted by molar-refractivity contribution is 6.00. The Kier molecular flexibility index (Phi) is 3.78. The highest BCUT2D eigenvalue weighted by Crippen LogP contribution is 2.15. The van der Waals surface area contributed by atoms with Crippen LogP contribution in [-0.2, 0) is 4.79 Å². The molecule has 0 aromatic heterocycles. The van der Waals surface area contributed by atoms with Gasteiger partial charge in [-0.05, 0) is 19.4 Å². The van der Waals surface area contributed by atoms with E-state index in [1.807, 2.05) is 31.2 Å². The number of hydrogen-bond acceptors (Lipinski definition) is 2. The third-order valence-corrected chi connectivity index (χ3v) is 2.45. The van der Waals surface area contributed by atoms with Gasteiger partial charge in [0.15, 0.2) is 5.78 Å². The Balaban J connectivity index is 2.85. The van der Waals surface area contributed by atoms with Crippen molar-refractivity contribution in [3.8, 4) is 0 Å². The summed E-state index contributed by atoms with van der Waals surface area (Å²) in [6, 6.07) is 7.48. The zero-order valence-electron chi connectivity index (χ0n) is 9.41. The van der Waals surface area contributed by atoms with Crippen molar-refractivity contribution in [3.63, 3.8) is 0 Å². The SMILES string of the molecule is CC(=O)CC(C)C(=O)c1ccccc1C. The lowest BCUT2D eigenvalue weighted by Crippen LogP contribution is -2.15. The molecule has 15 heavy (non-hydrogen) atoms. The summed E-state index contributed by atoms with van der Waals surface area (Å²) in [5.74, 6) is -0.101. The number of aryl methyl sites for hydroxylation is 1. The maximum absolute atomic E-state index is 11.9. The van der Waals surface area contributed by atoms with E-state index in [4.69, 9.17) is 0 Å². The first-order valence-electron chi connectivity index (χ1n) is 5.11. The molecule has 2 nitrogen and oxygen atoms in total. The molecule has 0 spiro atoms. The fourth-order valence-corrected chi connectivity index (χ4v) is 1.64. The van der Waals surface area contributed by atoms with Gasteiger partial charge in [-0.1, -0.05) is 31.2 Å². The topological polar surface area (TPSA) is 34.1 Å². The van der Waals surface area contributed by atoms with Gasteiger partial charge in [0.2, 0.25) is 0 Å². The second-order valence-corrected chi connectivity index (χ2v) is 3.99. The number of carbonyl (C=O) groups excluding carboxylic acids is 2. The van der Waals surface area contributed by atoms with E-state index in [0.717, 1.165) is 11.1 Å². The van der Waals surface area contributed by atoms with Gasteiger partial charge in [-0.25, -0.2) is 0 Å². The zero-order chi connectivity index (χ0) is 11.4. The lowest BCUT2D eigenvalue weighted by molar-refractivity contribution is -0.117. The van der Waals surface area contributed by atoms with E-state index in [0.29, 0.717) is 6.42 Å². The van der Waals surface area contributed by atoms with Gasteiger partial charge >= 0.3 is 0 Å². The van der Waals surface area contributed by atoms with Crippen molar-refractivity contribution in [2.45, 2.75) is 27.2 Å². The molecule has 0 heterocycles. The molecule has 1 atom stereocenters. The van der Waals surface area contributed by atoms with Crippen LogP contribution in [0.25, 0.3) is 0 Å². The predicted molar refractivity (Wildman–Crippen MR) is 60.0 cm³/mol. The summed E-state index contributed by atoms with van der Waals surface area (Å²) in [7, 11) is 0. The van der Waals surface area contributed by atoms with Crippen LogP contribution in [-0.4, -0.2) is 11.6 Å².